The quantitative estimate of drug-likeness (QED) is 0.833. The summed E-state index contributed by atoms with van der Waals surface area (Å²) in [6, 6.07) is 0. The minimum atomic E-state index is -4.50. The van der Waals surface area contributed by atoms with E-state index in [1.807, 2.05) is 4.90 Å². The number of oxazole rings is 1. The van der Waals surface area contributed by atoms with Crippen LogP contribution in [-0.4, -0.2) is 36.1 Å². The summed E-state index contributed by atoms with van der Waals surface area (Å²) in [6.07, 6.45) is -3.42. The molecular weight excluding hydrogens is 223 g/mol. The molecule has 4 nitrogen and oxygen atoms in total. The van der Waals surface area contributed by atoms with Crippen molar-refractivity contribution in [3.8, 4) is 0 Å². The molecule has 1 aromatic heterocycles. The average Bonchev–Trinajstić information content (AvgIpc) is 2.67. The zero-order valence-electron chi connectivity index (χ0n) is 8.55. The molecule has 0 bridgehead atoms. The Morgan fingerprint density at radius 2 is 2.06 bits per heavy atom. The molecule has 0 saturated carbocycles. The normalized spacial score (nSPS) is 18.9. The summed E-state index contributed by atoms with van der Waals surface area (Å²) in [5, 5.41) is 3.16. The Kier molecular flexibility index (Phi) is 3.15. The van der Waals surface area contributed by atoms with E-state index in [0.717, 1.165) is 32.4 Å². The molecule has 1 saturated heterocycles. The first-order valence-electron chi connectivity index (χ1n) is 5.00. The van der Waals surface area contributed by atoms with Crippen molar-refractivity contribution in [1.82, 2.24) is 15.2 Å². The van der Waals surface area contributed by atoms with Crippen molar-refractivity contribution >= 4 is 0 Å². The average molecular weight is 235 g/mol. The third-order valence-electron chi connectivity index (χ3n) is 2.39. The SMILES string of the molecule is FC(F)(F)c1nc(CN2CCNCC2)co1. The highest BCUT2D eigenvalue weighted by Crippen LogP contribution is 2.28. The van der Waals surface area contributed by atoms with E-state index in [2.05, 4.69) is 14.7 Å². The predicted octanol–water partition coefficient (Wildman–Crippen LogP) is 1.10. The maximum Gasteiger partial charge on any atom is 0.468 e. The van der Waals surface area contributed by atoms with E-state index in [0.29, 0.717) is 12.2 Å². The summed E-state index contributed by atoms with van der Waals surface area (Å²) in [6.45, 7) is 3.73. The molecule has 2 heterocycles. The van der Waals surface area contributed by atoms with Crippen LogP contribution in [0.1, 0.15) is 11.6 Å². The van der Waals surface area contributed by atoms with Gasteiger partial charge in [0.05, 0.1) is 5.69 Å². The first kappa shape index (κ1) is 11.4. The summed E-state index contributed by atoms with van der Waals surface area (Å²) in [4.78, 5) is 5.46. The molecule has 7 heteroatoms. The van der Waals surface area contributed by atoms with Gasteiger partial charge in [0.1, 0.15) is 6.26 Å². The molecular formula is C9H12F3N3O. The molecule has 0 aliphatic carbocycles. The van der Waals surface area contributed by atoms with Gasteiger partial charge in [0.25, 0.3) is 0 Å². The summed E-state index contributed by atoms with van der Waals surface area (Å²) >= 11 is 0. The number of aromatic nitrogens is 1. The van der Waals surface area contributed by atoms with Gasteiger partial charge in [0, 0.05) is 32.7 Å². The molecule has 2 rings (SSSR count). The Balaban J connectivity index is 1.97. The summed E-state index contributed by atoms with van der Waals surface area (Å²) in [7, 11) is 0. The highest BCUT2D eigenvalue weighted by Gasteiger charge is 2.37. The van der Waals surface area contributed by atoms with Gasteiger partial charge >= 0.3 is 12.1 Å². The summed E-state index contributed by atoms with van der Waals surface area (Å²) in [5.74, 6) is -1.17. The van der Waals surface area contributed by atoms with Gasteiger partial charge in [0.15, 0.2) is 0 Å². The molecule has 16 heavy (non-hydrogen) atoms. The Morgan fingerprint density at radius 3 is 2.62 bits per heavy atom. The molecule has 0 unspecified atom stereocenters. The van der Waals surface area contributed by atoms with Crippen molar-refractivity contribution in [2.24, 2.45) is 0 Å². The number of nitrogens with one attached hydrogen (secondary N) is 1. The van der Waals surface area contributed by atoms with Gasteiger partial charge in [-0.05, 0) is 0 Å². The topological polar surface area (TPSA) is 41.3 Å². The second kappa shape index (κ2) is 4.42. The fourth-order valence-electron chi connectivity index (χ4n) is 1.61. The molecule has 0 amide bonds. The van der Waals surface area contributed by atoms with E-state index in [-0.39, 0.29) is 0 Å². The van der Waals surface area contributed by atoms with Gasteiger partial charge in [-0.15, -0.1) is 0 Å². The van der Waals surface area contributed by atoms with Crippen molar-refractivity contribution in [2.45, 2.75) is 12.7 Å². The van der Waals surface area contributed by atoms with E-state index in [4.69, 9.17) is 0 Å². The maximum atomic E-state index is 12.2. The standard InChI is InChI=1S/C9H12F3N3O/c10-9(11,12)8-14-7(6-16-8)5-15-3-1-13-2-4-15/h6,13H,1-5H2. The Labute approximate surface area is 90.4 Å². The van der Waals surface area contributed by atoms with E-state index >= 15 is 0 Å². The van der Waals surface area contributed by atoms with Crippen LogP contribution in [0.4, 0.5) is 13.2 Å². The van der Waals surface area contributed by atoms with Crippen LogP contribution in [-0.2, 0) is 12.7 Å². The van der Waals surface area contributed by atoms with Crippen LogP contribution in [0.5, 0.6) is 0 Å². The Bertz CT molecular complexity index is 344. The van der Waals surface area contributed by atoms with Gasteiger partial charge in [-0.1, -0.05) is 0 Å². The van der Waals surface area contributed by atoms with E-state index in [1.165, 1.54) is 0 Å². The molecule has 1 aliphatic rings. The van der Waals surface area contributed by atoms with E-state index in [1.54, 1.807) is 0 Å². The first-order chi connectivity index (χ1) is 7.55. The number of halogens is 3. The zero-order valence-corrected chi connectivity index (χ0v) is 8.55. The van der Waals surface area contributed by atoms with Crippen LogP contribution < -0.4 is 5.32 Å². The number of nitrogens with zero attached hydrogens (tertiary/aromatic N) is 2. The lowest BCUT2D eigenvalue weighted by atomic mass is 10.3. The van der Waals surface area contributed by atoms with Crippen LogP contribution >= 0.6 is 0 Å². The van der Waals surface area contributed by atoms with Gasteiger partial charge in [-0.3, -0.25) is 4.90 Å². The third kappa shape index (κ3) is 2.73. The summed E-state index contributed by atoms with van der Waals surface area (Å²) in [5.41, 5.74) is 0.328. The lowest BCUT2D eigenvalue weighted by molar-refractivity contribution is -0.157. The van der Waals surface area contributed by atoms with Gasteiger partial charge in [-0.25, -0.2) is 4.98 Å². The number of piperazine rings is 1. The van der Waals surface area contributed by atoms with Gasteiger partial charge in [-0.2, -0.15) is 13.2 Å². The van der Waals surface area contributed by atoms with Crippen LogP contribution in [0.15, 0.2) is 10.7 Å². The number of hydrogen-bond acceptors (Lipinski definition) is 4. The van der Waals surface area contributed by atoms with Gasteiger partial charge in [0.2, 0.25) is 0 Å². The van der Waals surface area contributed by atoms with Crippen LogP contribution in [0, 0.1) is 0 Å². The fourth-order valence-corrected chi connectivity index (χ4v) is 1.61. The monoisotopic (exact) mass is 235 g/mol. The van der Waals surface area contributed by atoms with Crippen LogP contribution in [0.2, 0.25) is 0 Å². The minimum Gasteiger partial charge on any atom is -0.441 e. The molecule has 90 valence electrons. The van der Waals surface area contributed by atoms with Crippen molar-refractivity contribution in [2.75, 3.05) is 26.2 Å². The van der Waals surface area contributed by atoms with E-state index in [9.17, 15) is 13.2 Å². The molecule has 1 aliphatic heterocycles. The van der Waals surface area contributed by atoms with Crippen molar-refractivity contribution in [3.05, 3.63) is 17.8 Å². The van der Waals surface area contributed by atoms with Crippen molar-refractivity contribution < 1.29 is 17.6 Å². The second-order valence-corrected chi connectivity index (χ2v) is 3.67. The summed E-state index contributed by atoms with van der Waals surface area (Å²) < 4.78 is 41.0. The highest BCUT2D eigenvalue weighted by molar-refractivity contribution is 4.99. The molecule has 1 N–H and O–H groups in total. The molecule has 0 spiro atoms. The van der Waals surface area contributed by atoms with Gasteiger partial charge < -0.3 is 9.73 Å². The Morgan fingerprint density at radius 1 is 1.38 bits per heavy atom. The van der Waals surface area contributed by atoms with Crippen molar-refractivity contribution in [3.63, 3.8) is 0 Å². The van der Waals surface area contributed by atoms with Crippen LogP contribution in [0.3, 0.4) is 0 Å². The molecule has 1 fully saturated rings. The fraction of sp³-hybridized carbons (Fsp3) is 0.667. The lowest BCUT2D eigenvalue weighted by Gasteiger charge is -2.26. The number of alkyl halides is 3. The maximum absolute atomic E-state index is 12.2. The molecule has 0 radical (unpaired) electrons. The molecule has 1 aromatic rings. The molecule has 0 atom stereocenters. The molecule has 0 aromatic carbocycles. The first-order valence-corrected chi connectivity index (χ1v) is 5.00. The second-order valence-electron chi connectivity index (χ2n) is 3.67. The smallest absolute Gasteiger partial charge is 0.441 e. The van der Waals surface area contributed by atoms with Crippen molar-refractivity contribution in [1.29, 1.82) is 0 Å². The zero-order chi connectivity index (χ0) is 11.6. The minimum absolute atomic E-state index is 0.328. The predicted molar refractivity (Wildman–Crippen MR) is 49.7 cm³/mol. The lowest BCUT2D eigenvalue weighted by Crippen LogP contribution is -2.42. The largest absolute Gasteiger partial charge is 0.468 e. The third-order valence-corrected chi connectivity index (χ3v) is 2.39. The highest BCUT2D eigenvalue weighted by atomic mass is 19.4. The number of rotatable bonds is 2. The number of hydrogen-bond donors (Lipinski definition) is 1. The van der Waals surface area contributed by atoms with E-state index < -0.39 is 12.1 Å². The Hall–Kier alpha value is -1.08. The van der Waals surface area contributed by atoms with Crippen LogP contribution in [0.25, 0.3) is 0 Å².